The van der Waals surface area contributed by atoms with Gasteiger partial charge in [0.25, 0.3) is 0 Å². The Morgan fingerprint density at radius 3 is 2.40 bits per heavy atom. The number of amides is 1. The van der Waals surface area contributed by atoms with Gasteiger partial charge in [-0.15, -0.1) is 0 Å². The van der Waals surface area contributed by atoms with Gasteiger partial charge in [-0.1, -0.05) is 37.3 Å². The highest BCUT2D eigenvalue weighted by atomic mass is 32.2. The van der Waals surface area contributed by atoms with E-state index in [9.17, 15) is 13.2 Å². The summed E-state index contributed by atoms with van der Waals surface area (Å²) in [5.41, 5.74) is 7.87. The quantitative estimate of drug-likeness (QED) is 0.665. The summed E-state index contributed by atoms with van der Waals surface area (Å²) >= 11 is 0. The second-order valence-corrected chi connectivity index (χ2v) is 7.38. The lowest BCUT2D eigenvalue weighted by Gasteiger charge is -2.09. The van der Waals surface area contributed by atoms with Gasteiger partial charge in [0.15, 0.2) is 0 Å². The molecule has 2 aromatic carbocycles. The first kappa shape index (κ1) is 19.1. The minimum absolute atomic E-state index is 0.0889. The maximum Gasteiger partial charge on any atom is 0.240 e. The second kappa shape index (κ2) is 8.75. The van der Waals surface area contributed by atoms with Crippen LogP contribution in [0.1, 0.15) is 18.1 Å². The number of anilines is 1. The molecule has 0 aliphatic heterocycles. The maximum atomic E-state index is 12.2. The standard InChI is InChI=1S/C18H23N3O3S/c1-2-14-6-8-15(9-7-14)12-18(22)21-16-4-3-5-17(13-16)25(23,24)20-11-10-19/h3-9,13,20H,2,10-12,19H2,1H3,(H,21,22). The predicted octanol–water partition coefficient (Wildman–Crippen LogP) is 1.67. The minimum atomic E-state index is -3.63. The predicted molar refractivity (Wildman–Crippen MR) is 98.8 cm³/mol. The lowest BCUT2D eigenvalue weighted by Crippen LogP contribution is -2.29. The molecule has 0 fully saturated rings. The second-order valence-electron chi connectivity index (χ2n) is 5.61. The smallest absolute Gasteiger partial charge is 0.240 e. The molecule has 2 aromatic rings. The van der Waals surface area contributed by atoms with Gasteiger partial charge in [-0.2, -0.15) is 0 Å². The van der Waals surface area contributed by atoms with Crippen molar-refractivity contribution >= 4 is 21.6 Å². The number of hydrogen-bond donors (Lipinski definition) is 3. The van der Waals surface area contributed by atoms with Crippen molar-refractivity contribution in [2.45, 2.75) is 24.7 Å². The summed E-state index contributed by atoms with van der Waals surface area (Å²) in [6, 6.07) is 14.0. The number of hydrogen-bond acceptors (Lipinski definition) is 4. The summed E-state index contributed by atoms with van der Waals surface area (Å²) < 4.78 is 26.6. The molecule has 0 saturated carbocycles. The maximum absolute atomic E-state index is 12.2. The Balaban J connectivity index is 2.04. The van der Waals surface area contributed by atoms with Crippen LogP contribution in [0.4, 0.5) is 5.69 Å². The molecule has 25 heavy (non-hydrogen) atoms. The molecule has 0 radical (unpaired) electrons. The summed E-state index contributed by atoms with van der Waals surface area (Å²) in [6.07, 6.45) is 1.18. The highest BCUT2D eigenvalue weighted by Gasteiger charge is 2.14. The first-order valence-corrected chi connectivity index (χ1v) is 9.60. The van der Waals surface area contributed by atoms with Crippen molar-refractivity contribution in [3.8, 4) is 0 Å². The van der Waals surface area contributed by atoms with E-state index in [1.165, 1.54) is 17.7 Å². The molecule has 0 aliphatic rings. The third-order valence-electron chi connectivity index (χ3n) is 3.66. The van der Waals surface area contributed by atoms with Crippen LogP contribution in [0.25, 0.3) is 0 Å². The van der Waals surface area contributed by atoms with Gasteiger partial charge in [0, 0.05) is 18.8 Å². The molecule has 6 nitrogen and oxygen atoms in total. The number of sulfonamides is 1. The minimum Gasteiger partial charge on any atom is -0.329 e. The van der Waals surface area contributed by atoms with Crippen LogP contribution in [-0.2, 0) is 27.7 Å². The Morgan fingerprint density at radius 2 is 1.76 bits per heavy atom. The van der Waals surface area contributed by atoms with E-state index in [0.717, 1.165) is 12.0 Å². The first-order chi connectivity index (χ1) is 11.9. The van der Waals surface area contributed by atoms with Gasteiger partial charge in [0.2, 0.25) is 15.9 Å². The summed E-state index contributed by atoms with van der Waals surface area (Å²) in [5.74, 6) is -0.200. The molecule has 2 rings (SSSR count). The Morgan fingerprint density at radius 1 is 1.08 bits per heavy atom. The number of benzene rings is 2. The van der Waals surface area contributed by atoms with Crippen LogP contribution in [0.15, 0.2) is 53.4 Å². The molecule has 7 heteroatoms. The highest BCUT2D eigenvalue weighted by Crippen LogP contribution is 2.16. The largest absolute Gasteiger partial charge is 0.329 e. The molecule has 0 bridgehead atoms. The average Bonchev–Trinajstić information content (AvgIpc) is 2.61. The number of nitrogens with two attached hydrogens (primary N) is 1. The Labute approximate surface area is 148 Å². The van der Waals surface area contributed by atoms with Crippen LogP contribution in [0.3, 0.4) is 0 Å². The number of carbonyl (C=O) groups is 1. The van der Waals surface area contributed by atoms with Crippen molar-refractivity contribution < 1.29 is 13.2 Å². The van der Waals surface area contributed by atoms with Crippen molar-refractivity contribution in [3.05, 3.63) is 59.7 Å². The van der Waals surface area contributed by atoms with Crippen molar-refractivity contribution in [3.63, 3.8) is 0 Å². The van der Waals surface area contributed by atoms with Crippen LogP contribution in [0.5, 0.6) is 0 Å². The fraction of sp³-hybridized carbons (Fsp3) is 0.278. The first-order valence-electron chi connectivity index (χ1n) is 8.12. The highest BCUT2D eigenvalue weighted by molar-refractivity contribution is 7.89. The topological polar surface area (TPSA) is 101 Å². The SMILES string of the molecule is CCc1ccc(CC(=O)Nc2cccc(S(=O)(=O)NCCN)c2)cc1. The van der Waals surface area contributed by atoms with Gasteiger partial charge in [-0.25, -0.2) is 13.1 Å². The van der Waals surface area contributed by atoms with Gasteiger partial charge in [-0.3, -0.25) is 4.79 Å². The molecule has 0 saturated heterocycles. The van der Waals surface area contributed by atoms with E-state index in [4.69, 9.17) is 5.73 Å². The molecular weight excluding hydrogens is 338 g/mol. The van der Waals surface area contributed by atoms with Crippen LogP contribution >= 0.6 is 0 Å². The lowest BCUT2D eigenvalue weighted by molar-refractivity contribution is -0.115. The Kier molecular flexibility index (Phi) is 6.69. The molecule has 0 heterocycles. The number of nitrogens with one attached hydrogen (secondary N) is 2. The van der Waals surface area contributed by atoms with Crippen molar-refractivity contribution in [2.75, 3.05) is 18.4 Å². The van der Waals surface area contributed by atoms with Gasteiger partial charge in [0.05, 0.1) is 11.3 Å². The Bertz CT molecular complexity index is 818. The fourth-order valence-corrected chi connectivity index (χ4v) is 3.39. The van der Waals surface area contributed by atoms with Crippen LogP contribution in [0.2, 0.25) is 0 Å². The van der Waals surface area contributed by atoms with Gasteiger partial charge >= 0.3 is 0 Å². The van der Waals surface area contributed by atoms with E-state index in [1.807, 2.05) is 24.3 Å². The van der Waals surface area contributed by atoms with E-state index in [2.05, 4.69) is 17.0 Å². The summed E-state index contributed by atoms with van der Waals surface area (Å²) in [7, 11) is -3.63. The summed E-state index contributed by atoms with van der Waals surface area (Å²) in [6.45, 7) is 2.45. The monoisotopic (exact) mass is 361 g/mol. The van der Waals surface area contributed by atoms with E-state index in [-0.39, 0.29) is 30.3 Å². The molecule has 0 spiro atoms. The molecular formula is C18H23N3O3S. The summed E-state index contributed by atoms with van der Waals surface area (Å²) in [4.78, 5) is 12.3. The van der Waals surface area contributed by atoms with Gasteiger partial charge < -0.3 is 11.1 Å². The number of rotatable bonds is 8. The van der Waals surface area contributed by atoms with Crippen LogP contribution < -0.4 is 15.8 Å². The average molecular weight is 361 g/mol. The van der Waals surface area contributed by atoms with Crippen LogP contribution in [0, 0.1) is 0 Å². The lowest BCUT2D eigenvalue weighted by atomic mass is 10.1. The van der Waals surface area contributed by atoms with Crippen molar-refractivity contribution in [1.82, 2.24) is 4.72 Å². The molecule has 0 aromatic heterocycles. The Hall–Kier alpha value is -2.22. The van der Waals surface area contributed by atoms with Crippen molar-refractivity contribution in [1.29, 1.82) is 0 Å². The molecule has 0 aliphatic carbocycles. The fourth-order valence-electron chi connectivity index (χ4n) is 2.30. The zero-order valence-corrected chi connectivity index (χ0v) is 15.0. The molecule has 4 N–H and O–H groups in total. The molecule has 1 amide bonds. The van der Waals surface area contributed by atoms with Gasteiger partial charge in [-0.05, 0) is 35.7 Å². The molecule has 0 unspecified atom stereocenters. The van der Waals surface area contributed by atoms with E-state index >= 15 is 0 Å². The molecule has 134 valence electrons. The van der Waals surface area contributed by atoms with E-state index < -0.39 is 10.0 Å². The van der Waals surface area contributed by atoms with Crippen LogP contribution in [-0.4, -0.2) is 27.4 Å². The zero-order valence-electron chi connectivity index (χ0n) is 14.2. The summed E-state index contributed by atoms with van der Waals surface area (Å²) in [5, 5.41) is 2.73. The molecule has 0 atom stereocenters. The van der Waals surface area contributed by atoms with E-state index in [1.54, 1.807) is 12.1 Å². The van der Waals surface area contributed by atoms with E-state index in [0.29, 0.717) is 5.69 Å². The normalized spacial score (nSPS) is 11.3. The number of carbonyl (C=O) groups excluding carboxylic acids is 1. The third-order valence-corrected chi connectivity index (χ3v) is 5.12. The zero-order chi connectivity index (χ0) is 18.3. The van der Waals surface area contributed by atoms with Gasteiger partial charge in [0.1, 0.15) is 0 Å². The number of aryl methyl sites for hydroxylation is 1. The van der Waals surface area contributed by atoms with Crippen molar-refractivity contribution in [2.24, 2.45) is 5.73 Å². The third kappa shape index (κ3) is 5.67.